The van der Waals surface area contributed by atoms with Gasteiger partial charge in [-0.15, -0.1) is 12.3 Å². The van der Waals surface area contributed by atoms with E-state index < -0.39 is 10.8 Å². The summed E-state index contributed by atoms with van der Waals surface area (Å²) in [4.78, 5) is 21.6. The quantitative estimate of drug-likeness (QED) is 0.359. The summed E-state index contributed by atoms with van der Waals surface area (Å²) < 4.78 is 0. The summed E-state index contributed by atoms with van der Waals surface area (Å²) >= 11 is 0. The number of nitrogens with one attached hydrogen (secondary N) is 1. The van der Waals surface area contributed by atoms with Crippen LogP contribution in [0.4, 0.5) is 5.69 Å². The SMILES string of the molecule is C#CCCNC(=O)c1ccccc1[N+](=O)[O-]. The van der Waals surface area contributed by atoms with E-state index in [-0.39, 0.29) is 11.3 Å². The Bertz CT molecular complexity index is 449. The van der Waals surface area contributed by atoms with Gasteiger partial charge in [0.1, 0.15) is 5.56 Å². The second-order valence-electron chi connectivity index (χ2n) is 2.98. The molecule has 5 nitrogen and oxygen atoms in total. The van der Waals surface area contributed by atoms with Crippen LogP contribution in [0.3, 0.4) is 0 Å². The summed E-state index contributed by atoms with van der Waals surface area (Å²) in [5.41, 5.74) is -0.162. The third-order valence-electron chi connectivity index (χ3n) is 1.90. The molecule has 0 aromatic heterocycles. The van der Waals surface area contributed by atoms with Crippen molar-refractivity contribution in [2.75, 3.05) is 6.54 Å². The van der Waals surface area contributed by atoms with E-state index in [1.807, 2.05) is 0 Å². The van der Waals surface area contributed by atoms with Crippen LogP contribution in [0.25, 0.3) is 0 Å². The number of carbonyl (C=O) groups is 1. The summed E-state index contributed by atoms with van der Waals surface area (Å²) in [6.45, 7) is 0.307. The van der Waals surface area contributed by atoms with E-state index in [1.54, 1.807) is 6.07 Å². The minimum absolute atomic E-state index is 0.0459. The molecule has 0 unspecified atom stereocenters. The van der Waals surface area contributed by atoms with Gasteiger partial charge in [0.25, 0.3) is 11.6 Å². The van der Waals surface area contributed by atoms with Gasteiger partial charge in [-0.25, -0.2) is 0 Å². The number of nitrogens with zero attached hydrogens (tertiary/aromatic N) is 1. The molecule has 0 radical (unpaired) electrons. The Balaban J connectivity index is 2.83. The second-order valence-corrected chi connectivity index (χ2v) is 2.98. The number of hydrogen-bond donors (Lipinski definition) is 1. The zero-order valence-electron chi connectivity index (χ0n) is 8.47. The first-order chi connectivity index (χ1) is 7.66. The Morgan fingerprint density at radius 1 is 1.50 bits per heavy atom. The van der Waals surface area contributed by atoms with Crippen LogP contribution in [0.15, 0.2) is 24.3 Å². The molecule has 0 atom stereocenters. The Morgan fingerprint density at radius 2 is 2.19 bits per heavy atom. The van der Waals surface area contributed by atoms with Gasteiger partial charge in [0, 0.05) is 19.0 Å². The van der Waals surface area contributed by atoms with Gasteiger partial charge in [-0.2, -0.15) is 0 Å². The third kappa shape index (κ3) is 2.82. The molecule has 0 saturated heterocycles. The molecule has 0 aliphatic rings. The maximum Gasteiger partial charge on any atom is 0.282 e. The molecular weight excluding hydrogens is 208 g/mol. The number of benzene rings is 1. The number of para-hydroxylation sites is 1. The molecule has 1 aromatic rings. The van der Waals surface area contributed by atoms with Gasteiger partial charge < -0.3 is 5.32 Å². The molecule has 0 saturated carbocycles. The van der Waals surface area contributed by atoms with E-state index >= 15 is 0 Å². The largest absolute Gasteiger partial charge is 0.351 e. The lowest BCUT2D eigenvalue weighted by Gasteiger charge is -2.03. The lowest BCUT2D eigenvalue weighted by atomic mass is 10.1. The minimum atomic E-state index is -0.587. The predicted molar refractivity (Wildman–Crippen MR) is 58.9 cm³/mol. The molecule has 0 aliphatic carbocycles. The van der Waals surface area contributed by atoms with Crippen molar-refractivity contribution in [2.45, 2.75) is 6.42 Å². The Kier molecular flexibility index (Phi) is 4.04. The number of rotatable bonds is 4. The lowest BCUT2D eigenvalue weighted by molar-refractivity contribution is -0.385. The van der Waals surface area contributed by atoms with Crippen molar-refractivity contribution in [3.63, 3.8) is 0 Å². The maximum absolute atomic E-state index is 11.6. The molecule has 0 bridgehead atoms. The minimum Gasteiger partial charge on any atom is -0.351 e. The fourth-order valence-corrected chi connectivity index (χ4v) is 1.17. The highest BCUT2D eigenvalue weighted by molar-refractivity contribution is 5.98. The molecule has 16 heavy (non-hydrogen) atoms. The number of carbonyl (C=O) groups excluding carboxylic acids is 1. The topological polar surface area (TPSA) is 72.2 Å². The molecule has 1 amide bonds. The Labute approximate surface area is 92.6 Å². The zero-order chi connectivity index (χ0) is 12.0. The van der Waals surface area contributed by atoms with E-state index in [9.17, 15) is 14.9 Å². The summed E-state index contributed by atoms with van der Waals surface area (Å²) in [5, 5.41) is 13.2. The Morgan fingerprint density at radius 3 is 2.81 bits per heavy atom. The van der Waals surface area contributed by atoms with Crippen molar-refractivity contribution in [3.05, 3.63) is 39.9 Å². The third-order valence-corrected chi connectivity index (χ3v) is 1.90. The molecule has 0 heterocycles. The molecule has 0 aliphatic heterocycles. The summed E-state index contributed by atoms with van der Waals surface area (Å²) in [5.74, 6) is 1.88. The van der Waals surface area contributed by atoms with Gasteiger partial charge in [-0.1, -0.05) is 12.1 Å². The first-order valence-electron chi connectivity index (χ1n) is 4.62. The average Bonchev–Trinajstić information content (AvgIpc) is 2.29. The van der Waals surface area contributed by atoms with Crippen molar-refractivity contribution >= 4 is 11.6 Å². The maximum atomic E-state index is 11.6. The van der Waals surface area contributed by atoms with Crippen LogP contribution in [0.5, 0.6) is 0 Å². The van der Waals surface area contributed by atoms with E-state index in [4.69, 9.17) is 6.42 Å². The van der Waals surface area contributed by atoms with Crippen LogP contribution >= 0.6 is 0 Å². The van der Waals surface area contributed by atoms with Crippen LogP contribution in [0.2, 0.25) is 0 Å². The van der Waals surface area contributed by atoms with Gasteiger partial charge >= 0.3 is 0 Å². The number of terminal acetylenes is 1. The van der Waals surface area contributed by atoms with Gasteiger partial charge in [-0.05, 0) is 6.07 Å². The summed E-state index contributed by atoms with van der Waals surface area (Å²) in [7, 11) is 0. The summed E-state index contributed by atoms with van der Waals surface area (Å²) in [6.07, 6.45) is 5.42. The fourth-order valence-electron chi connectivity index (χ4n) is 1.17. The molecule has 0 fully saturated rings. The van der Waals surface area contributed by atoms with Crippen LogP contribution < -0.4 is 5.32 Å². The number of hydrogen-bond acceptors (Lipinski definition) is 3. The highest BCUT2D eigenvalue weighted by Crippen LogP contribution is 2.16. The molecule has 0 spiro atoms. The van der Waals surface area contributed by atoms with Crippen LogP contribution in [-0.4, -0.2) is 17.4 Å². The number of amides is 1. The van der Waals surface area contributed by atoms with E-state index in [0.717, 1.165) is 0 Å². The highest BCUT2D eigenvalue weighted by atomic mass is 16.6. The van der Waals surface area contributed by atoms with Gasteiger partial charge in [0.15, 0.2) is 0 Å². The van der Waals surface area contributed by atoms with E-state index in [2.05, 4.69) is 11.2 Å². The first kappa shape index (κ1) is 11.7. The molecule has 82 valence electrons. The van der Waals surface area contributed by atoms with Crippen LogP contribution in [0.1, 0.15) is 16.8 Å². The monoisotopic (exact) mass is 218 g/mol. The van der Waals surface area contributed by atoms with Crippen LogP contribution in [-0.2, 0) is 0 Å². The first-order valence-corrected chi connectivity index (χ1v) is 4.62. The molecule has 5 heteroatoms. The van der Waals surface area contributed by atoms with E-state index in [0.29, 0.717) is 13.0 Å². The fraction of sp³-hybridized carbons (Fsp3) is 0.182. The van der Waals surface area contributed by atoms with Gasteiger partial charge in [-0.3, -0.25) is 14.9 Å². The van der Waals surface area contributed by atoms with Crippen molar-refractivity contribution < 1.29 is 9.72 Å². The standard InChI is InChI=1S/C11H10N2O3/c1-2-3-8-12-11(14)9-6-4-5-7-10(9)13(15)16/h1,4-7H,3,8H2,(H,12,14). The van der Waals surface area contributed by atoms with Crippen LogP contribution in [0, 0.1) is 22.5 Å². The normalized spacial score (nSPS) is 9.19. The highest BCUT2D eigenvalue weighted by Gasteiger charge is 2.18. The molecule has 1 aromatic carbocycles. The Hall–Kier alpha value is -2.35. The molecule has 1 N–H and O–H groups in total. The zero-order valence-corrected chi connectivity index (χ0v) is 8.47. The van der Waals surface area contributed by atoms with Crippen molar-refractivity contribution in [1.82, 2.24) is 5.32 Å². The second kappa shape index (κ2) is 5.51. The summed E-state index contributed by atoms with van der Waals surface area (Å²) in [6, 6.07) is 5.78. The molecular formula is C11H10N2O3. The van der Waals surface area contributed by atoms with Crippen molar-refractivity contribution in [3.8, 4) is 12.3 Å². The van der Waals surface area contributed by atoms with Gasteiger partial charge in [0.05, 0.1) is 4.92 Å². The van der Waals surface area contributed by atoms with Gasteiger partial charge in [0.2, 0.25) is 0 Å². The predicted octanol–water partition coefficient (Wildman–Crippen LogP) is 1.35. The smallest absolute Gasteiger partial charge is 0.282 e. The number of nitro groups is 1. The van der Waals surface area contributed by atoms with Crippen molar-refractivity contribution in [1.29, 1.82) is 0 Å². The van der Waals surface area contributed by atoms with E-state index in [1.165, 1.54) is 18.2 Å². The van der Waals surface area contributed by atoms with Crippen molar-refractivity contribution in [2.24, 2.45) is 0 Å². The lowest BCUT2D eigenvalue weighted by Crippen LogP contribution is -2.24. The number of nitro benzene ring substituents is 1. The molecule has 1 rings (SSSR count). The average molecular weight is 218 g/mol.